The average molecular weight is 485 g/mol. The molecule has 0 bridgehead atoms. The maximum Gasteiger partial charge on any atom is 0.415 e. The Morgan fingerprint density at radius 2 is 1.69 bits per heavy atom. The van der Waals surface area contributed by atoms with Crippen LogP contribution >= 0.6 is 0 Å². The normalized spacial score (nSPS) is 16.2. The number of hydrogen-bond acceptors (Lipinski definition) is 7. The number of nitrogens with one attached hydrogen (secondary N) is 2. The highest BCUT2D eigenvalue weighted by Crippen LogP contribution is 2.32. The maximum absolute atomic E-state index is 12.4. The van der Waals surface area contributed by atoms with Crippen molar-refractivity contribution in [1.29, 1.82) is 0 Å². The predicted molar refractivity (Wildman–Crippen MR) is 135 cm³/mol. The molecule has 10 nitrogen and oxygen atoms in total. The summed E-state index contributed by atoms with van der Waals surface area (Å²) in [4.78, 5) is 38.6. The molecule has 0 unspecified atom stereocenters. The fraction of sp³-hybridized carbons (Fsp3) is 0.269. The Kier molecular flexibility index (Phi) is 6.34. The lowest BCUT2D eigenvalue weighted by atomic mass is 10.1. The summed E-state index contributed by atoms with van der Waals surface area (Å²) in [6.07, 6.45) is 8.35. The molecule has 1 amide bonds. The SMILES string of the molecule is C=C(C)OC(=O)N1CCC[C@H]1c1ncc(-c2cnc(-c3ccc(-c4cnc([C@H](C)N)[nH]4)cc3)nc2)[nH]1. The van der Waals surface area contributed by atoms with Crippen LogP contribution in [0.25, 0.3) is 33.9 Å². The minimum Gasteiger partial charge on any atom is -0.416 e. The Morgan fingerprint density at radius 3 is 2.36 bits per heavy atom. The number of allylic oxidation sites excluding steroid dienone is 1. The molecule has 1 fully saturated rings. The van der Waals surface area contributed by atoms with Crippen LogP contribution in [-0.2, 0) is 4.74 Å². The van der Waals surface area contributed by atoms with E-state index >= 15 is 0 Å². The van der Waals surface area contributed by atoms with Crippen molar-refractivity contribution in [2.45, 2.75) is 38.8 Å². The minimum atomic E-state index is -0.399. The Hall–Kier alpha value is -4.31. The zero-order valence-electron chi connectivity index (χ0n) is 20.2. The molecule has 1 aromatic carbocycles. The minimum absolute atomic E-state index is 0.147. The van der Waals surface area contributed by atoms with Gasteiger partial charge in [0.25, 0.3) is 0 Å². The molecule has 0 radical (unpaired) electrons. The van der Waals surface area contributed by atoms with E-state index in [0.29, 0.717) is 24.0 Å². The first-order chi connectivity index (χ1) is 17.4. The number of aromatic amines is 2. The standard InChI is InChI=1S/C26H28N8O2/c1-15(2)36-26(35)34-10-4-5-22(34)25-31-14-21(33-25)19-11-28-24(29-12-19)18-8-6-17(7-9-18)20-13-30-23(32-20)16(3)27/h6-9,11-14,16,22H,1,4-5,10,27H2,2-3H3,(H,30,32)(H,31,33)/t16-,22-/m0/s1. The van der Waals surface area contributed by atoms with Crippen molar-refractivity contribution in [3.63, 3.8) is 0 Å². The molecule has 4 N–H and O–H groups in total. The molecule has 4 aromatic rings. The Morgan fingerprint density at radius 1 is 1.03 bits per heavy atom. The van der Waals surface area contributed by atoms with Crippen molar-refractivity contribution in [2.75, 3.05) is 6.54 Å². The molecule has 0 saturated carbocycles. The van der Waals surface area contributed by atoms with Crippen molar-refractivity contribution in [1.82, 2.24) is 34.8 Å². The number of aromatic nitrogens is 6. The molecule has 1 aliphatic heterocycles. The molecule has 2 atom stereocenters. The van der Waals surface area contributed by atoms with Gasteiger partial charge in [-0.05, 0) is 32.3 Å². The van der Waals surface area contributed by atoms with Gasteiger partial charge in [0.2, 0.25) is 0 Å². The molecule has 4 heterocycles. The van der Waals surface area contributed by atoms with Gasteiger partial charge in [-0.15, -0.1) is 0 Å². The summed E-state index contributed by atoms with van der Waals surface area (Å²) in [6.45, 7) is 7.81. The van der Waals surface area contributed by atoms with Gasteiger partial charge in [0.05, 0.1) is 41.6 Å². The van der Waals surface area contributed by atoms with Crippen LogP contribution in [0.3, 0.4) is 0 Å². The van der Waals surface area contributed by atoms with E-state index in [1.807, 2.05) is 31.2 Å². The molecule has 3 aromatic heterocycles. The van der Waals surface area contributed by atoms with Gasteiger partial charge in [0.15, 0.2) is 5.82 Å². The summed E-state index contributed by atoms with van der Waals surface area (Å²) in [5, 5.41) is 0. The Balaban J connectivity index is 1.29. The molecule has 1 aliphatic rings. The van der Waals surface area contributed by atoms with Crippen LogP contribution in [0.15, 0.2) is 61.4 Å². The number of nitrogens with two attached hydrogens (primary N) is 1. The number of imidazole rings is 2. The number of benzene rings is 1. The second-order valence-electron chi connectivity index (χ2n) is 8.95. The highest BCUT2D eigenvalue weighted by atomic mass is 16.6. The second kappa shape index (κ2) is 9.74. The quantitative estimate of drug-likeness (QED) is 0.336. The number of ether oxygens (including phenoxy) is 1. The Labute approximate surface area is 208 Å². The largest absolute Gasteiger partial charge is 0.416 e. The summed E-state index contributed by atoms with van der Waals surface area (Å²) in [5.74, 6) is 2.46. The van der Waals surface area contributed by atoms with Gasteiger partial charge in [0.1, 0.15) is 11.6 Å². The van der Waals surface area contributed by atoms with E-state index in [1.165, 1.54) is 0 Å². The molecule has 10 heteroatoms. The number of hydrogen-bond donors (Lipinski definition) is 3. The third kappa shape index (κ3) is 4.76. The third-order valence-corrected chi connectivity index (χ3v) is 6.10. The Bertz CT molecular complexity index is 1370. The van der Waals surface area contributed by atoms with Gasteiger partial charge >= 0.3 is 6.09 Å². The van der Waals surface area contributed by atoms with E-state index in [1.54, 1.807) is 36.6 Å². The van der Waals surface area contributed by atoms with E-state index < -0.39 is 6.09 Å². The molecule has 0 aliphatic carbocycles. The van der Waals surface area contributed by atoms with Crippen molar-refractivity contribution in [3.8, 4) is 33.9 Å². The van der Waals surface area contributed by atoms with Crippen LogP contribution in [-0.4, -0.2) is 47.4 Å². The summed E-state index contributed by atoms with van der Waals surface area (Å²) in [5.41, 5.74) is 10.3. The number of amides is 1. The van der Waals surface area contributed by atoms with Crippen molar-refractivity contribution < 1.29 is 9.53 Å². The van der Waals surface area contributed by atoms with E-state index in [-0.39, 0.29) is 12.1 Å². The average Bonchev–Trinajstić information content (AvgIpc) is 3.64. The maximum atomic E-state index is 12.4. The first-order valence-corrected chi connectivity index (χ1v) is 11.8. The van der Waals surface area contributed by atoms with Crippen LogP contribution in [0, 0.1) is 0 Å². The second-order valence-corrected chi connectivity index (χ2v) is 8.95. The molecular formula is C26H28N8O2. The van der Waals surface area contributed by atoms with Crippen molar-refractivity contribution in [3.05, 3.63) is 73.0 Å². The number of nitrogens with zero attached hydrogens (tertiary/aromatic N) is 5. The number of rotatable bonds is 6. The van der Waals surface area contributed by atoms with Crippen LogP contribution in [0.2, 0.25) is 0 Å². The monoisotopic (exact) mass is 484 g/mol. The molecule has 184 valence electrons. The van der Waals surface area contributed by atoms with Gasteiger partial charge < -0.3 is 20.4 Å². The van der Waals surface area contributed by atoms with Crippen molar-refractivity contribution >= 4 is 6.09 Å². The summed E-state index contributed by atoms with van der Waals surface area (Å²) in [7, 11) is 0. The van der Waals surface area contributed by atoms with Crippen LogP contribution in [0.4, 0.5) is 4.79 Å². The van der Waals surface area contributed by atoms with Gasteiger partial charge in [-0.1, -0.05) is 30.8 Å². The fourth-order valence-electron chi connectivity index (χ4n) is 4.26. The molecule has 1 saturated heterocycles. The van der Waals surface area contributed by atoms with E-state index in [0.717, 1.165) is 46.7 Å². The van der Waals surface area contributed by atoms with Gasteiger partial charge in [-0.3, -0.25) is 4.90 Å². The number of carbonyl (C=O) groups is 1. The lowest BCUT2D eigenvalue weighted by Gasteiger charge is -2.22. The molecule has 5 rings (SSSR count). The van der Waals surface area contributed by atoms with Gasteiger partial charge in [0, 0.05) is 30.1 Å². The predicted octanol–water partition coefficient (Wildman–Crippen LogP) is 4.75. The topological polar surface area (TPSA) is 139 Å². The number of H-pyrrole nitrogens is 2. The molecule has 36 heavy (non-hydrogen) atoms. The smallest absolute Gasteiger partial charge is 0.415 e. The van der Waals surface area contributed by atoms with E-state index in [2.05, 4.69) is 36.5 Å². The van der Waals surface area contributed by atoms with E-state index in [9.17, 15) is 4.79 Å². The summed E-state index contributed by atoms with van der Waals surface area (Å²) < 4.78 is 5.20. The van der Waals surface area contributed by atoms with Crippen LogP contribution in [0.1, 0.15) is 50.4 Å². The van der Waals surface area contributed by atoms with Crippen LogP contribution in [0.5, 0.6) is 0 Å². The molecular weight excluding hydrogens is 456 g/mol. The van der Waals surface area contributed by atoms with Gasteiger partial charge in [-0.25, -0.2) is 24.7 Å². The number of carbonyl (C=O) groups excluding carboxylic acids is 1. The van der Waals surface area contributed by atoms with Crippen LogP contribution < -0.4 is 5.73 Å². The lowest BCUT2D eigenvalue weighted by Crippen LogP contribution is -2.31. The lowest BCUT2D eigenvalue weighted by molar-refractivity contribution is 0.123. The van der Waals surface area contributed by atoms with Crippen molar-refractivity contribution in [2.24, 2.45) is 5.73 Å². The zero-order valence-corrected chi connectivity index (χ0v) is 20.2. The number of likely N-dealkylation sites (tertiary alicyclic amines) is 1. The first kappa shape index (κ1) is 23.4. The highest BCUT2D eigenvalue weighted by molar-refractivity contribution is 5.70. The summed E-state index contributed by atoms with van der Waals surface area (Å²) >= 11 is 0. The molecule has 0 spiro atoms. The third-order valence-electron chi connectivity index (χ3n) is 6.10. The first-order valence-electron chi connectivity index (χ1n) is 11.8. The van der Waals surface area contributed by atoms with Gasteiger partial charge in [-0.2, -0.15) is 0 Å². The van der Waals surface area contributed by atoms with E-state index in [4.69, 9.17) is 10.5 Å². The zero-order chi connectivity index (χ0) is 25.2. The highest BCUT2D eigenvalue weighted by Gasteiger charge is 2.33. The summed E-state index contributed by atoms with van der Waals surface area (Å²) in [6, 6.07) is 7.64. The fourth-order valence-corrected chi connectivity index (χ4v) is 4.26.